The smallest absolute Gasteiger partial charge is 0.222 e. The highest BCUT2D eigenvalue weighted by Crippen LogP contribution is 2.43. The van der Waals surface area contributed by atoms with E-state index in [9.17, 15) is 9.59 Å². The molecule has 1 aliphatic rings. The van der Waals surface area contributed by atoms with Gasteiger partial charge in [-0.05, 0) is 42.0 Å². The van der Waals surface area contributed by atoms with Crippen molar-refractivity contribution in [2.75, 3.05) is 33.3 Å². The second-order valence-corrected chi connectivity index (χ2v) is 6.24. The van der Waals surface area contributed by atoms with Crippen LogP contribution in [-0.2, 0) is 9.59 Å². The lowest BCUT2D eigenvalue weighted by Gasteiger charge is -2.28. The summed E-state index contributed by atoms with van der Waals surface area (Å²) in [6, 6.07) is 9.37. The van der Waals surface area contributed by atoms with Crippen molar-refractivity contribution in [1.82, 2.24) is 0 Å². The average Bonchev–Trinajstić information content (AvgIpc) is 3.22. The number of rotatable bonds is 8. The molecular weight excluding hydrogens is 376 g/mol. The van der Waals surface area contributed by atoms with Gasteiger partial charge >= 0.3 is 0 Å². The van der Waals surface area contributed by atoms with Crippen LogP contribution in [-0.4, -0.2) is 52.9 Å². The predicted molar refractivity (Wildman–Crippen MR) is 108 cm³/mol. The Bertz CT molecular complexity index is 900. The Morgan fingerprint density at radius 1 is 0.966 bits per heavy atom. The number of aliphatic imine (C=N–C) groups is 1. The van der Waals surface area contributed by atoms with E-state index in [0.717, 1.165) is 5.69 Å². The summed E-state index contributed by atoms with van der Waals surface area (Å²) in [6.07, 6.45) is 1.85. The van der Waals surface area contributed by atoms with Gasteiger partial charge < -0.3 is 23.8 Å². The van der Waals surface area contributed by atoms with Crippen molar-refractivity contribution < 1.29 is 28.5 Å². The van der Waals surface area contributed by atoms with Crippen LogP contribution < -0.4 is 23.8 Å². The highest BCUT2D eigenvalue weighted by atomic mass is 16.5. The first-order chi connectivity index (χ1) is 14.1. The van der Waals surface area contributed by atoms with Crippen molar-refractivity contribution in [3.63, 3.8) is 0 Å². The Morgan fingerprint density at radius 2 is 1.59 bits per heavy atom. The van der Waals surface area contributed by atoms with Gasteiger partial charge in [-0.15, -0.1) is 0 Å². The first-order valence-electron chi connectivity index (χ1n) is 8.82. The van der Waals surface area contributed by atoms with Crippen LogP contribution in [0.4, 0.5) is 5.69 Å². The molecule has 3 rings (SSSR count). The van der Waals surface area contributed by atoms with Gasteiger partial charge in [0.2, 0.25) is 11.5 Å². The summed E-state index contributed by atoms with van der Waals surface area (Å²) in [5.41, 5.74) is 1.47. The standard InChI is InChI=1S/C21H22N2O6/c1-26-15-7-5-14(6-8-15)23-12-22-19(16(25)11-24)20(23)13-9-17(27-2)21(29-4)18(10-13)28-3/h5-12,19-20H,1-4H3. The number of aldehydes is 1. The van der Waals surface area contributed by atoms with Gasteiger partial charge in [-0.25, -0.2) is 0 Å². The van der Waals surface area contributed by atoms with E-state index in [0.29, 0.717) is 34.8 Å². The van der Waals surface area contributed by atoms with Crippen LogP contribution in [0.1, 0.15) is 11.6 Å². The normalized spacial score (nSPS) is 17.7. The van der Waals surface area contributed by atoms with Gasteiger partial charge in [0.05, 0.1) is 40.8 Å². The van der Waals surface area contributed by atoms with Crippen LogP contribution in [0.3, 0.4) is 0 Å². The average molecular weight is 398 g/mol. The summed E-state index contributed by atoms with van der Waals surface area (Å²) < 4.78 is 21.5. The quantitative estimate of drug-likeness (QED) is 0.499. The minimum Gasteiger partial charge on any atom is -0.497 e. The second-order valence-electron chi connectivity index (χ2n) is 6.24. The molecule has 1 heterocycles. The number of hydrogen-bond donors (Lipinski definition) is 0. The number of hydrogen-bond acceptors (Lipinski definition) is 8. The zero-order chi connectivity index (χ0) is 21.0. The van der Waals surface area contributed by atoms with Gasteiger partial charge in [-0.1, -0.05) is 0 Å². The molecule has 29 heavy (non-hydrogen) atoms. The molecule has 0 aromatic heterocycles. The first kappa shape index (κ1) is 20.2. The molecule has 2 unspecified atom stereocenters. The molecule has 1 aliphatic heterocycles. The summed E-state index contributed by atoms with van der Waals surface area (Å²) in [4.78, 5) is 29.6. The van der Waals surface area contributed by atoms with Crippen molar-refractivity contribution in [3.8, 4) is 23.0 Å². The Labute approximate surface area is 168 Å². The van der Waals surface area contributed by atoms with Crippen molar-refractivity contribution in [3.05, 3.63) is 42.0 Å². The highest BCUT2D eigenvalue weighted by Gasteiger charge is 2.38. The Kier molecular flexibility index (Phi) is 6.01. The van der Waals surface area contributed by atoms with Crippen LogP contribution >= 0.6 is 0 Å². The van der Waals surface area contributed by atoms with Crippen LogP contribution in [0.25, 0.3) is 0 Å². The number of benzene rings is 2. The summed E-state index contributed by atoms with van der Waals surface area (Å²) in [5.74, 6) is 1.42. The molecular formula is C21H22N2O6. The molecule has 0 amide bonds. The number of anilines is 1. The van der Waals surface area contributed by atoms with Crippen LogP contribution in [0, 0.1) is 0 Å². The van der Waals surface area contributed by atoms with Crippen LogP contribution in [0.15, 0.2) is 41.4 Å². The minimum absolute atomic E-state index is 0.296. The molecule has 0 bridgehead atoms. The molecule has 2 atom stereocenters. The minimum atomic E-state index is -0.891. The van der Waals surface area contributed by atoms with E-state index < -0.39 is 17.9 Å². The van der Waals surface area contributed by atoms with Crippen LogP contribution in [0.5, 0.6) is 23.0 Å². The monoisotopic (exact) mass is 398 g/mol. The Balaban J connectivity index is 2.11. The summed E-state index contributed by atoms with van der Waals surface area (Å²) in [5, 5.41) is 0. The molecule has 0 saturated carbocycles. The first-order valence-corrected chi connectivity index (χ1v) is 8.82. The molecule has 0 radical (unpaired) electrons. The van der Waals surface area contributed by atoms with E-state index in [-0.39, 0.29) is 0 Å². The molecule has 0 fully saturated rings. The highest BCUT2D eigenvalue weighted by molar-refractivity contribution is 6.28. The van der Waals surface area contributed by atoms with Crippen molar-refractivity contribution >= 4 is 24.1 Å². The largest absolute Gasteiger partial charge is 0.497 e. The second kappa shape index (κ2) is 8.64. The van der Waals surface area contributed by atoms with Crippen molar-refractivity contribution in [2.24, 2.45) is 4.99 Å². The maximum Gasteiger partial charge on any atom is 0.222 e. The molecule has 8 heteroatoms. The SMILES string of the molecule is COc1ccc(N2C=NC(C(=O)C=O)C2c2cc(OC)c(OC)c(OC)c2)cc1. The summed E-state index contributed by atoms with van der Waals surface area (Å²) >= 11 is 0. The van der Waals surface area contributed by atoms with Crippen LogP contribution in [0.2, 0.25) is 0 Å². The van der Waals surface area contributed by atoms with E-state index in [1.807, 2.05) is 29.2 Å². The van der Waals surface area contributed by atoms with Gasteiger partial charge in [0.1, 0.15) is 11.8 Å². The zero-order valence-corrected chi connectivity index (χ0v) is 16.6. The predicted octanol–water partition coefficient (Wildman–Crippen LogP) is 2.45. The van der Waals surface area contributed by atoms with E-state index in [2.05, 4.69) is 4.99 Å². The number of Topliss-reactive ketones (excluding diaryl/α,β-unsaturated/α-hetero) is 1. The fraction of sp³-hybridized carbons (Fsp3) is 0.286. The number of ether oxygens (including phenoxy) is 4. The fourth-order valence-electron chi connectivity index (χ4n) is 3.34. The number of carbonyl (C=O) groups excluding carboxylic acids is 2. The lowest BCUT2D eigenvalue weighted by molar-refractivity contribution is -0.130. The molecule has 0 saturated heterocycles. The Hall–Kier alpha value is -3.55. The van der Waals surface area contributed by atoms with E-state index >= 15 is 0 Å². The maximum atomic E-state index is 12.3. The molecule has 2 aromatic rings. The number of nitrogens with zero attached hydrogens (tertiary/aromatic N) is 2. The van der Waals surface area contributed by atoms with Gasteiger partial charge in [0, 0.05) is 5.69 Å². The van der Waals surface area contributed by atoms with Gasteiger partial charge in [-0.3, -0.25) is 14.6 Å². The third-order valence-electron chi connectivity index (χ3n) is 4.76. The molecule has 0 N–H and O–H groups in total. The lowest BCUT2D eigenvalue weighted by atomic mass is 9.95. The van der Waals surface area contributed by atoms with Gasteiger partial charge in [0.15, 0.2) is 17.8 Å². The zero-order valence-electron chi connectivity index (χ0n) is 16.6. The summed E-state index contributed by atoms with van der Waals surface area (Å²) in [6.45, 7) is 0. The maximum absolute atomic E-state index is 12.3. The Morgan fingerprint density at radius 3 is 2.07 bits per heavy atom. The lowest BCUT2D eigenvalue weighted by Crippen LogP contribution is -2.33. The molecule has 0 spiro atoms. The van der Waals surface area contributed by atoms with E-state index in [1.165, 1.54) is 21.3 Å². The topological polar surface area (TPSA) is 86.7 Å². The number of carbonyl (C=O) groups is 2. The van der Waals surface area contributed by atoms with Gasteiger partial charge in [0.25, 0.3) is 0 Å². The third kappa shape index (κ3) is 3.73. The number of ketones is 1. The van der Waals surface area contributed by atoms with Crippen molar-refractivity contribution in [2.45, 2.75) is 12.1 Å². The molecule has 0 aliphatic carbocycles. The molecule has 2 aromatic carbocycles. The molecule has 8 nitrogen and oxygen atoms in total. The van der Waals surface area contributed by atoms with Crippen molar-refractivity contribution in [1.29, 1.82) is 0 Å². The third-order valence-corrected chi connectivity index (χ3v) is 4.76. The van der Waals surface area contributed by atoms with E-state index in [4.69, 9.17) is 18.9 Å². The number of methoxy groups -OCH3 is 4. The molecule has 152 valence electrons. The van der Waals surface area contributed by atoms with E-state index in [1.54, 1.807) is 25.6 Å². The summed E-state index contributed by atoms with van der Waals surface area (Å²) in [7, 11) is 6.13. The van der Waals surface area contributed by atoms with Gasteiger partial charge in [-0.2, -0.15) is 0 Å². The fourth-order valence-corrected chi connectivity index (χ4v) is 3.34.